The van der Waals surface area contributed by atoms with Gasteiger partial charge in [-0.05, 0) is 73.8 Å². The molecule has 1 aromatic heterocycles. The first kappa shape index (κ1) is 29.4. The Morgan fingerprint density at radius 1 is 1.12 bits per heavy atom. The molecular weight excluding hydrogens is 562 g/mol. The normalized spacial score (nSPS) is 16.8. The average molecular weight is 598 g/mol. The lowest BCUT2D eigenvalue weighted by atomic mass is 9.91. The van der Waals surface area contributed by atoms with Crippen LogP contribution < -0.4 is 16.0 Å². The molecule has 218 valence electrons. The van der Waals surface area contributed by atoms with Gasteiger partial charge in [0.15, 0.2) is 16.6 Å². The summed E-state index contributed by atoms with van der Waals surface area (Å²) in [5.41, 5.74) is 3.30. The lowest BCUT2D eigenvalue weighted by molar-refractivity contribution is 0.0342. The fourth-order valence-electron chi connectivity index (χ4n) is 5.13. The third-order valence-electron chi connectivity index (χ3n) is 7.79. The van der Waals surface area contributed by atoms with E-state index in [0.29, 0.717) is 54.1 Å². The maximum Gasteiger partial charge on any atom is 0.275 e. The SMILES string of the molecule is CC(C)(CCc1cc(CN2CCOCC2)cc2c(O)c(C(=O)NCc3ccc(Cl)cc3)nnc12)N1CNC(=S)NC1. The number of ether oxygens (including phenoxy) is 1. The Kier molecular flexibility index (Phi) is 9.20. The summed E-state index contributed by atoms with van der Waals surface area (Å²) in [5, 5.41) is 31.0. The number of benzene rings is 2. The number of thiocarbonyl (C=S) groups is 1. The summed E-state index contributed by atoms with van der Waals surface area (Å²) in [6.45, 7) is 9.83. The molecule has 2 saturated heterocycles. The lowest BCUT2D eigenvalue weighted by Crippen LogP contribution is -2.60. The van der Waals surface area contributed by atoms with E-state index in [-0.39, 0.29) is 23.5 Å². The molecule has 3 heterocycles. The van der Waals surface area contributed by atoms with Gasteiger partial charge in [0, 0.05) is 42.1 Å². The Morgan fingerprint density at radius 2 is 1.83 bits per heavy atom. The van der Waals surface area contributed by atoms with Crippen molar-refractivity contribution in [1.29, 1.82) is 0 Å². The monoisotopic (exact) mass is 597 g/mol. The van der Waals surface area contributed by atoms with Crippen LogP contribution in [0.15, 0.2) is 36.4 Å². The largest absolute Gasteiger partial charge is 0.505 e. The summed E-state index contributed by atoms with van der Waals surface area (Å²) in [5.74, 6) is -0.651. The zero-order valence-corrected chi connectivity index (χ0v) is 24.9. The highest BCUT2D eigenvalue weighted by atomic mass is 35.5. The Balaban J connectivity index is 1.41. The maximum atomic E-state index is 13.0. The fraction of sp³-hybridized carbons (Fsp3) is 0.448. The number of aryl methyl sites for hydroxylation is 1. The van der Waals surface area contributed by atoms with E-state index in [1.165, 1.54) is 0 Å². The van der Waals surface area contributed by atoms with Crippen molar-refractivity contribution in [2.24, 2.45) is 0 Å². The van der Waals surface area contributed by atoms with Gasteiger partial charge in [-0.3, -0.25) is 14.6 Å². The second kappa shape index (κ2) is 12.8. The number of aromatic nitrogens is 2. The zero-order chi connectivity index (χ0) is 29.0. The third-order valence-corrected chi connectivity index (χ3v) is 8.33. The molecule has 2 aliphatic heterocycles. The summed E-state index contributed by atoms with van der Waals surface area (Å²) in [6.07, 6.45) is 1.56. The number of amides is 1. The number of aromatic hydroxyl groups is 1. The van der Waals surface area contributed by atoms with Gasteiger partial charge in [0.2, 0.25) is 0 Å². The standard InChI is InChI=1S/C29H36ClN7O3S/c1-29(2,37-17-32-28(41)33-18-37)8-7-21-13-20(16-36-9-11-40-12-10-36)14-23-24(21)34-35-25(26(23)38)27(39)31-15-19-3-5-22(30)6-4-19/h3-6,13-14H,7-12,15-18H2,1-2H3,(H,31,39)(H,34,38)(H2,32,33,41). The number of nitrogens with one attached hydrogen (secondary N) is 3. The van der Waals surface area contributed by atoms with Crippen molar-refractivity contribution >= 4 is 45.7 Å². The molecule has 2 aliphatic rings. The molecule has 5 rings (SSSR count). The van der Waals surface area contributed by atoms with Crippen LogP contribution in [0.3, 0.4) is 0 Å². The van der Waals surface area contributed by atoms with E-state index in [9.17, 15) is 9.90 Å². The molecule has 2 aromatic carbocycles. The molecule has 0 unspecified atom stereocenters. The quantitative estimate of drug-likeness (QED) is 0.274. The molecule has 1 amide bonds. The number of morpholine rings is 1. The number of nitrogens with zero attached hydrogens (tertiary/aromatic N) is 4. The molecule has 0 bridgehead atoms. The van der Waals surface area contributed by atoms with E-state index in [0.717, 1.165) is 42.6 Å². The number of hydrogen-bond acceptors (Lipinski definition) is 8. The summed E-state index contributed by atoms with van der Waals surface area (Å²) >= 11 is 11.2. The lowest BCUT2D eigenvalue weighted by Gasteiger charge is -2.42. The Labute approximate surface area is 250 Å². The van der Waals surface area contributed by atoms with Crippen molar-refractivity contribution in [3.05, 3.63) is 63.8 Å². The van der Waals surface area contributed by atoms with Crippen LogP contribution in [0.4, 0.5) is 0 Å². The fourth-order valence-corrected chi connectivity index (χ4v) is 5.39. The Bertz CT molecular complexity index is 1400. The molecule has 0 radical (unpaired) electrons. The van der Waals surface area contributed by atoms with Crippen LogP contribution in [-0.2, 0) is 24.2 Å². The van der Waals surface area contributed by atoms with Crippen molar-refractivity contribution in [3.8, 4) is 5.75 Å². The van der Waals surface area contributed by atoms with Crippen LogP contribution in [0.1, 0.15) is 47.4 Å². The smallest absolute Gasteiger partial charge is 0.275 e. The van der Waals surface area contributed by atoms with Gasteiger partial charge in [-0.1, -0.05) is 29.8 Å². The van der Waals surface area contributed by atoms with Gasteiger partial charge in [-0.25, -0.2) is 0 Å². The first-order valence-electron chi connectivity index (χ1n) is 13.8. The van der Waals surface area contributed by atoms with Crippen LogP contribution in [0.2, 0.25) is 5.02 Å². The first-order valence-corrected chi connectivity index (χ1v) is 14.6. The Hall–Kier alpha value is -3.09. The molecule has 10 nitrogen and oxygen atoms in total. The molecule has 3 aromatic rings. The van der Waals surface area contributed by atoms with Gasteiger partial charge in [0.1, 0.15) is 0 Å². The van der Waals surface area contributed by atoms with Crippen LogP contribution in [0, 0.1) is 0 Å². The molecule has 41 heavy (non-hydrogen) atoms. The predicted octanol–water partition coefficient (Wildman–Crippen LogP) is 3.16. The van der Waals surface area contributed by atoms with E-state index in [1.807, 2.05) is 18.2 Å². The molecule has 4 N–H and O–H groups in total. The highest BCUT2D eigenvalue weighted by Crippen LogP contribution is 2.32. The van der Waals surface area contributed by atoms with Gasteiger partial charge in [0.05, 0.1) is 32.1 Å². The molecule has 0 atom stereocenters. The minimum absolute atomic E-state index is 0.0947. The van der Waals surface area contributed by atoms with Crippen LogP contribution in [0.5, 0.6) is 5.75 Å². The molecule has 2 fully saturated rings. The van der Waals surface area contributed by atoms with Crippen molar-refractivity contribution < 1.29 is 14.6 Å². The van der Waals surface area contributed by atoms with Crippen molar-refractivity contribution in [2.75, 3.05) is 39.6 Å². The topological polar surface area (TPSA) is 115 Å². The first-order chi connectivity index (χ1) is 19.7. The summed E-state index contributed by atoms with van der Waals surface area (Å²) in [4.78, 5) is 17.7. The number of fused-ring (bicyclic) bond motifs is 1. The van der Waals surface area contributed by atoms with Crippen LogP contribution in [-0.4, -0.2) is 81.3 Å². The molecule has 0 aliphatic carbocycles. The van der Waals surface area contributed by atoms with Gasteiger partial charge in [-0.15, -0.1) is 10.2 Å². The maximum absolute atomic E-state index is 13.0. The van der Waals surface area contributed by atoms with Gasteiger partial charge in [0.25, 0.3) is 5.91 Å². The molecule has 0 spiro atoms. The Morgan fingerprint density at radius 3 is 2.54 bits per heavy atom. The second-order valence-corrected chi connectivity index (χ2v) is 11.9. The number of carbonyl (C=O) groups excluding carboxylic acids is 1. The summed E-state index contributed by atoms with van der Waals surface area (Å²) in [7, 11) is 0. The number of halogens is 1. The highest BCUT2D eigenvalue weighted by molar-refractivity contribution is 7.80. The van der Waals surface area contributed by atoms with Gasteiger partial charge >= 0.3 is 0 Å². The van der Waals surface area contributed by atoms with E-state index < -0.39 is 5.91 Å². The van der Waals surface area contributed by atoms with E-state index in [1.54, 1.807) is 12.1 Å². The second-order valence-electron chi connectivity index (χ2n) is 11.1. The molecular formula is C29H36ClN7O3S. The summed E-state index contributed by atoms with van der Waals surface area (Å²) in [6, 6.07) is 11.3. The van der Waals surface area contributed by atoms with Gasteiger partial charge in [-0.2, -0.15) is 0 Å². The minimum atomic E-state index is -0.490. The zero-order valence-electron chi connectivity index (χ0n) is 23.4. The van der Waals surface area contributed by atoms with Crippen molar-refractivity contribution in [1.82, 2.24) is 35.9 Å². The number of rotatable bonds is 9. The van der Waals surface area contributed by atoms with E-state index >= 15 is 0 Å². The molecule has 0 saturated carbocycles. The number of hydrogen-bond donors (Lipinski definition) is 4. The average Bonchev–Trinajstić information content (AvgIpc) is 2.97. The summed E-state index contributed by atoms with van der Waals surface area (Å²) < 4.78 is 5.52. The van der Waals surface area contributed by atoms with Gasteiger partial charge < -0.3 is 25.8 Å². The van der Waals surface area contributed by atoms with E-state index in [4.69, 9.17) is 28.6 Å². The molecule has 12 heteroatoms. The predicted molar refractivity (Wildman–Crippen MR) is 163 cm³/mol. The van der Waals surface area contributed by atoms with Crippen molar-refractivity contribution in [2.45, 2.75) is 45.3 Å². The minimum Gasteiger partial charge on any atom is -0.505 e. The van der Waals surface area contributed by atoms with Crippen molar-refractivity contribution in [3.63, 3.8) is 0 Å². The highest BCUT2D eigenvalue weighted by Gasteiger charge is 2.29. The van der Waals surface area contributed by atoms with Crippen LogP contribution in [0.25, 0.3) is 10.9 Å². The van der Waals surface area contributed by atoms with Crippen LogP contribution >= 0.6 is 23.8 Å². The third kappa shape index (κ3) is 7.22. The number of carbonyl (C=O) groups is 1. The van der Waals surface area contributed by atoms with E-state index in [2.05, 4.69) is 55.9 Å².